The third-order valence-corrected chi connectivity index (χ3v) is 2.42. The fourth-order valence-corrected chi connectivity index (χ4v) is 1.72. The van der Waals surface area contributed by atoms with Gasteiger partial charge in [-0.15, -0.1) is 0 Å². The Hall–Kier alpha value is -2.14. The average molecular weight is 217 g/mol. The van der Waals surface area contributed by atoms with Gasteiger partial charge in [0.25, 0.3) is 5.78 Å². The summed E-state index contributed by atoms with van der Waals surface area (Å²) in [5.41, 5.74) is 3.81. The first kappa shape index (κ1) is 10.4. The lowest BCUT2D eigenvalue weighted by Crippen LogP contribution is -2.37. The van der Waals surface area contributed by atoms with Crippen molar-refractivity contribution in [2.45, 2.75) is 6.92 Å². The van der Waals surface area contributed by atoms with Gasteiger partial charge < -0.3 is 4.40 Å². The van der Waals surface area contributed by atoms with Crippen molar-refractivity contribution in [2.24, 2.45) is 5.84 Å². The maximum Gasteiger partial charge on any atom is 0.307 e. The van der Waals surface area contributed by atoms with Crippen LogP contribution in [-0.4, -0.2) is 16.1 Å². The molecule has 1 amide bonds. The third kappa shape index (κ3) is 1.47. The Kier molecular flexibility index (Phi) is 2.46. The van der Waals surface area contributed by atoms with Crippen LogP contribution in [0.15, 0.2) is 30.5 Å². The van der Waals surface area contributed by atoms with E-state index in [-0.39, 0.29) is 0 Å². The molecule has 82 valence electrons. The van der Waals surface area contributed by atoms with Gasteiger partial charge in [-0.05, 0) is 30.7 Å². The van der Waals surface area contributed by atoms with Crippen molar-refractivity contribution in [3.63, 3.8) is 0 Å². The van der Waals surface area contributed by atoms with Gasteiger partial charge in [-0.3, -0.25) is 15.0 Å². The SMILES string of the molecule is Cc1cc2ccccn2c1C(=O)C(=O)NN. The lowest BCUT2D eigenvalue weighted by Gasteiger charge is -2.02. The van der Waals surface area contributed by atoms with Crippen LogP contribution >= 0.6 is 0 Å². The Morgan fingerprint density at radius 2 is 2.12 bits per heavy atom. The van der Waals surface area contributed by atoms with Crippen LogP contribution < -0.4 is 11.3 Å². The van der Waals surface area contributed by atoms with E-state index in [1.807, 2.05) is 23.6 Å². The molecule has 5 nitrogen and oxygen atoms in total. The quantitative estimate of drug-likeness (QED) is 0.251. The van der Waals surface area contributed by atoms with Crippen LogP contribution in [0.1, 0.15) is 16.1 Å². The van der Waals surface area contributed by atoms with Crippen LogP contribution in [0.3, 0.4) is 0 Å². The third-order valence-electron chi connectivity index (χ3n) is 2.42. The number of nitrogens with zero attached hydrogens (tertiary/aromatic N) is 1. The number of nitrogens with one attached hydrogen (secondary N) is 1. The molecule has 2 aromatic heterocycles. The number of hydrogen-bond donors (Lipinski definition) is 2. The molecule has 0 unspecified atom stereocenters. The summed E-state index contributed by atoms with van der Waals surface area (Å²) in [4.78, 5) is 23.0. The molecule has 16 heavy (non-hydrogen) atoms. The fraction of sp³-hybridized carbons (Fsp3) is 0.0909. The monoisotopic (exact) mass is 217 g/mol. The highest BCUT2D eigenvalue weighted by Gasteiger charge is 2.20. The van der Waals surface area contributed by atoms with E-state index in [1.165, 1.54) is 0 Å². The lowest BCUT2D eigenvalue weighted by molar-refractivity contribution is -0.117. The molecule has 0 fully saturated rings. The molecule has 2 rings (SSSR count). The zero-order valence-electron chi connectivity index (χ0n) is 8.73. The summed E-state index contributed by atoms with van der Waals surface area (Å²) >= 11 is 0. The number of hydrazine groups is 1. The molecular weight excluding hydrogens is 206 g/mol. The minimum atomic E-state index is -0.813. The van der Waals surface area contributed by atoms with Gasteiger partial charge in [-0.1, -0.05) is 6.07 Å². The van der Waals surface area contributed by atoms with Crippen LogP contribution in [-0.2, 0) is 4.79 Å². The van der Waals surface area contributed by atoms with E-state index in [0.717, 1.165) is 11.1 Å². The van der Waals surface area contributed by atoms with Gasteiger partial charge in [0, 0.05) is 11.7 Å². The summed E-state index contributed by atoms with van der Waals surface area (Å²) in [5, 5.41) is 0. The molecule has 0 atom stereocenters. The van der Waals surface area contributed by atoms with E-state index in [2.05, 4.69) is 0 Å². The van der Waals surface area contributed by atoms with Crippen LogP contribution in [0.25, 0.3) is 5.52 Å². The van der Waals surface area contributed by atoms with Crippen molar-refractivity contribution in [3.8, 4) is 0 Å². The van der Waals surface area contributed by atoms with Crippen molar-refractivity contribution in [1.82, 2.24) is 9.83 Å². The molecule has 3 N–H and O–H groups in total. The minimum absolute atomic E-state index is 0.346. The van der Waals surface area contributed by atoms with E-state index >= 15 is 0 Å². The molecule has 0 bridgehead atoms. The molecule has 0 spiro atoms. The number of aryl methyl sites for hydroxylation is 1. The number of nitrogens with two attached hydrogens (primary N) is 1. The highest BCUT2D eigenvalue weighted by atomic mass is 16.2. The van der Waals surface area contributed by atoms with Crippen LogP contribution in [0.5, 0.6) is 0 Å². The van der Waals surface area contributed by atoms with E-state index in [4.69, 9.17) is 5.84 Å². The maximum absolute atomic E-state index is 11.8. The normalized spacial score (nSPS) is 10.4. The first-order chi connectivity index (χ1) is 7.65. The molecule has 2 heterocycles. The van der Waals surface area contributed by atoms with Crippen molar-refractivity contribution in [1.29, 1.82) is 0 Å². The molecule has 0 aromatic carbocycles. The Bertz CT molecular complexity index is 572. The summed E-state index contributed by atoms with van der Waals surface area (Å²) < 4.78 is 1.67. The standard InChI is InChI=1S/C11H11N3O2/c1-7-6-8-4-2-3-5-14(8)9(7)10(15)11(16)13-12/h2-6H,12H2,1H3,(H,13,16). The van der Waals surface area contributed by atoms with Gasteiger partial charge >= 0.3 is 5.91 Å². The van der Waals surface area contributed by atoms with Gasteiger partial charge in [0.15, 0.2) is 0 Å². The number of ketones is 1. The molecule has 0 aliphatic rings. The Morgan fingerprint density at radius 1 is 1.38 bits per heavy atom. The minimum Gasteiger partial charge on any atom is -0.313 e. The van der Waals surface area contributed by atoms with E-state index in [0.29, 0.717) is 5.69 Å². The van der Waals surface area contributed by atoms with Crippen LogP contribution in [0.2, 0.25) is 0 Å². The molecule has 0 aliphatic carbocycles. The fourth-order valence-electron chi connectivity index (χ4n) is 1.72. The van der Waals surface area contributed by atoms with E-state index < -0.39 is 11.7 Å². The summed E-state index contributed by atoms with van der Waals surface area (Å²) in [6, 6.07) is 7.37. The number of amides is 1. The molecule has 0 saturated heterocycles. The Morgan fingerprint density at radius 3 is 2.81 bits per heavy atom. The van der Waals surface area contributed by atoms with Crippen LogP contribution in [0.4, 0.5) is 0 Å². The smallest absolute Gasteiger partial charge is 0.307 e. The summed E-state index contributed by atoms with van der Waals surface area (Å²) in [7, 11) is 0. The summed E-state index contributed by atoms with van der Waals surface area (Å²) in [6.07, 6.45) is 1.74. The topological polar surface area (TPSA) is 76.6 Å². The van der Waals surface area contributed by atoms with Crippen molar-refractivity contribution < 1.29 is 9.59 Å². The predicted octanol–water partition coefficient (Wildman–Crippen LogP) is 0.420. The second kappa shape index (κ2) is 3.79. The summed E-state index contributed by atoms with van der Waals surface area (Å²) in [6.45, 7) is 1.78. The number of carbonyl (C=O) groups is 2. The second-order valence-corrected chi connectivity index (χ2v) is 3.47. The van der Waals surface area contributed by atoms with E-state index in [9.17, 15) is 9.59 Å². The largest absolute Gasteiger partial charge is 0.313 e. The molecule has 5 heteroatoms. The average Bonchev–Trinajstić information content (AvgIpc) is 2.63. The van der Waals surface area contributed by atoms with Gasteiger partial charge in [-0.2, -0.15) is 0 Å². The molecule has 0 saturated carbocycles. The Labute approximate surface area is 91.8 Å². The van der Waals surface area contributed by atoms with Crippen LogP contribution in [0, 0.1) is 6.92 Å². The highest BCUT2D eigenvalue weighted by molar-refractivity contribution is 6.42. The number of pyridine rings is 1. The number of carbonyl (C=O) groups excluding carboxylic acids is 2. The molecular formula is C11H11N3O2. The number of aromatic nitrogens is 1. The first-order valence-electron chi connectivity index (χ1n) is 4.77. The van der Waals surface area contributed by atoms with E-state index in [1.54, 1.807) is 23.6 Å². The number of hydrogen-bond acceptors (Lipinski definition) is 3. The van der Waals surface area contributed by atoms with Gasteiger partial charge in [0.2, 0.25) is 0 Å². The number of rotatable bonds is 2. The molecule has 2 aromatic rings. The zero-order chi connectivity index (χ0) is 11.7. The Balaban J connectivity index is 2.64. The first-order valence-corrected chi connectivity index (χ1v) is 4.77. The predicted molar refractivity (Wildman–Crippen MR) is 58.8 cm³/mol. The van der Waals surface area contributed by atoms with Crippen molar-refractivity contribution in [3.05, 3.63) is 41.7 Å². The highest BCUT2D eigenvalue weighted by Crippen LogP contribution is 2.16. The molecule has 0 aliphatic heterocycles. The number of Topliss-reactive ketones (excluding diaryl/α,β-unsaturated/α-hetero) is 1. The summed E-state index contributed by atoms with van der Waals surface area (Å²) in [5.74, 6) is 3.50. The van der Waals surface area contributed by atoms with Gasteiger partial charge in [-0.25, -0.2) is 5.84 Å². The van der Waals surface area contributed by atoms with Crippen molar-refractivity contribution >= 4 is 17.2 Å². The lowest BCUT2D eigenvalue weighted by atomic mass is 10.2. The maximum atomic E-state index is 11.8. The second-order valence-electron chi connectivity index (χ2n) is 3.47. The number of fused-ring (bicyclic) bond motifs is 1. The zero-order valence-corrected chi connectivity index (χ0v) is 8.73. The van der Waals surface area contributed by atoms with Crippen molar-refractivity contribution in [2.75, 3.05) is 0 Å². The van der Waals surface area contributed by atoms with Gasteiger partial charge in [0.1, 0.15) is 5.69 Å². The van der Waals surface area contributed by atoms with Gasteiger partial charge in [0.05, 0.1) is 0 Å². The molecule has 0 radical (unpaired) electrons.